The maximum Gasteiger partial charge on any atom is 0.301 e. The number of aliphatic hydroxyl groups is 1. The molecule has 7 rings (SSSR count). The zero-order valence-corrected chi connectivity index (χ0v) is 29.3. The molecule has 3 aromatic heterocycles. The van der Waals surface area contributed by atoms with Gasteiger partial charge >= 0.3 is 5.91 Å². The van der Waals surface area contributed by atoms with Crippen molar-refractivity contribution in [3.63, 3.8) is 0 Å². The molecule has 1 atom stereocenters. The van der Waals surface area contributed by atoms with Crippen molar-refractivity contribution in [2.24, 2.45) is 0 Å². The van der Waals surface area contributed by atoms with Crippen LogP contribution >= 0.6 is 34.7 Å². The number of ketones is 1. The van der Waals surface area contributed by atoms with Crippen LogP contribution < -0.4 is 14.4 Å². The van der Waals surface area contributed by atoms with Crippen LogP contribution in [-0.2, 0) is 21.9 Å². The summed E-state index contributed by atoms with van der Waals surface area (Å²) >= 11 is 8.95. The van der Waals surface area contributed by atoms with Crippen LogP contribution in [0.15, 0.2) is 107 Å². The van der Waals surface area contributed by atoms with Crippen LogP contribution in [0.2, 0.25) is 5.02 Å². The highest BCUT2D eigenvalue weighted by Crippen LogP contribution is 2.46. The minimum absolute atomic E-state index is 0.107. The third-order valence-electron chi connectivity index (χ3n) is 8.10. The van der Waals surface area contributed by atoms with Gasteiger partial charge in [-0.2, -0.15) is 0 Å². The van der Waals surface area contributed by atoms with E-state index >= 15 is 0 Å². The van der Waals surface area contributed by atoms with E-state index < -0.39 is 17.7 Å². The van der Waals surface area contributed by atoms with E-state index in [1.807, 2.05) is 67.6 Å². The third kappa shape index (κ3) is 6.45. The number of rotatable bonds is 11. The standard InChI is InChI=1S/C37H30ClN5O5S2/c1-3-47-28-19-24(16-17-27(28)48-20-23-11-5-4-6-12-23)32-30(33(44)31-22(2)39-29-15-9-10-18-42(29)31)34(45)35(46)43(32)36-40-41-37(50-36)49-21-25-13-7-8-14-26(25)38/h4-19,32,44H,3,20-21H2,1-2H3/b33-30+. The van der Waals surface area contributed by atoms with Crippen molar-refractivity contribution in [2.45, 2.75) is 36.6 Å². The molecule has 1 aliphatic rings. The molecule has 1 N–H and O–H groups in total. The second-order valence-corrected chi connectivity index (χ2v) is 13.9. The number of aliphatic hydroxyl groups excluding tert-OH is 1. The van der Waals surface area contributed by atoms with E-state index in [0.29, 0.717) is 62.4 Å². The fraction of sp³-hybridized carbons (Fsp3) is 0.162. The summed E-state index contributed by atoms with van der Waals surface area (Å²) in [5, 5.41) is 21.5. The van der Waals surface area contributed by atoms with Gasteiger partial charge in [-0.15, -0.1) is 10.2 Å². The number of fused-ring (bicyclic) bond motifs is 1. The molecule has 1 saturated heterocycles. The molecule has 0 bridgehead atoms. The summed E-state index contributed by atoms with van der Waals surface area (Å²) in [6.07, 6.45) is 1.74. The number of aryl methyl sites for hydroxylation is 1. The monoisotopic (exact) mass is 723 g/mol. The quantitative estimate of drug-likeness (QED) is 0.0466. The van der Waals surface area contributed by atoms with Gasteiger partial charge in [0.15, 0.2) is 21.6 Å². The number of hydrogen-bond donors (Lipinski definition) is 1. The molecule has 4 heterocycles. The van der Waals surface area contributed by atoms with Gasteiger partial charge in [0.25, 0.3) is 5.78 Å². The molecule has 50 heavy (non-hydrogen) atoms. The van der Waals surface area contributed by atoms with Crippen LogP contribution in [0.3, 0.4) is 0 Å². The summed E-state index contributed by atoms with van der Waals surface area (Å²) in [7, 11) is 0. The molecule has 6 aromatic rings. The lowest BCUT2D eigenvalue weighted by molar-refractivity contribution is -0.132. The van der Waals surface area contributed by atoms with E-state index in [1.54, 1.807) is 47.9 Å². The molecule has 3 aromatic carbocycles. The van der Waals surface area contributed by atoms with Gasteiger partial charge in [-0.05, 0) is 60.9 Å². The number of benzene rings is 3. The number of imidazole rings is 1. The number of thioether (sulfide) groups is 1. The van der Waals surface area contributed by atoms with Crippen molar-refractivity contribution in [1.82, 2.24) is 19.6 Å². The van der Waals surface area contributed by atoms with Crippen molar-refractivity contribution in [3.8, 4) is 11.5 Å². The number of halogens is 1. The van der Waals surface area contributed by atoms with Crippen molar-refractivity contribution in [2.75, 3.05) is 11.5 Å². The number of carbonyl (C=O) groups excluding carboxylic acids is 2. The van der Waals surface area contributed by atoms with Gasteiger partial charge in [-0.3, -0.25) is 18.9 Å². The molecular formula is C37H30ClN5O5S2. The molecular weight excluding hydrogens is 694 g/mol. The van der Waals surface area contributed by atoms with Crippen LogP contribution in [0.1, 0.15) is 41.0 Å². The Morgan fingerprint density at radius 2 is 1.74 bits per heavy atom. The number of anilines is 1. The molecule has 1 amide bonds. The number of Topliss-reactive ketones (excluding diaryl/α,β-unsaturated/α-hetero) is 1. The zero-order valence-electron chi connectivity index (χ0n) is 26.9. The van der Waals surface area contributed by atoms with Gasteiger partial charge in [0.1, 0.15) is 17.9 Å². The summed E-state index contributed by atoms with van der Waals surface area (Å²) < 4.78 is 14.4. The van der Waals surface area contributed by atoms with Crippen molar-refractivity contribution in [3.05, 3.63) is 136 Å². The molecule has 0 radical (unpaired) electrons. The highest BCUT2D eigenvalue weighted by Gasteiger charge is 2.49. The fourth-order valence-electron chi connectivity index (χ4n) is 5.80. The van der Waals surface area contributed by atoms with E-state index in [9.17, 15) is 14.7 Å². The first-order valence-electron chi connectivity index (χ1n) is 15.7. The predicted octanol–water partition coefficient (Wildman–Crippen LogP) is 8.04. The lowest BCUT2D eigenvalue weighted by Crippen LogP contribution is -2.29. The summed E-state index contributed by atoms with van der Waals surface area (Å²) in [5.74, 6) is -0.613. The van der Waals surface area contributed by atoms with Crippen LogP contribution in [0.4, 0.5) is 5.13 Å². The number of pyridine rings is 1. The van der Waals surface area contributed by atoms with E-state index in [0.717, 1.165) is 11.1 Å². The van der Waals surface area contributed by atoms with Gasteiger partial charge in [-0.1, -0.05) is 95.4 Å². The predicted molar refractivity (Wildman–Crippen MR) is 194 cm³/mol. The molecule has 0 aliphatic carbocycles. The third-order valence-corrected chi connectivity index (χ3v) is 10.6. The van der Waals surface area contributed by atoms with Crippen LogP contribution in [0, 0.1) is 6.92 Å². The Kier molecular flexibility index (Phi) is 9.57. The fourth-order valence-corrected chi connectivity index (χ4v) is 7.96. The van der Waals surface area contributed by atoms with Crippen LogP contribution in [0.25, 0.3) is 11.4 Å². The number of hydrogen-bond acceptors (Lipinski definition) is 10. The number of aromatic nitrogens is 4. The normalized spacial score (nSPS) is 15.6. The summed E-state index contributed by atoms with van der Waals surface area (Å²) in [5.41, 5.74) is 3.70. The number of nitrogens with zero attached hydrogens (tertiary/aromatic N) is 5. The summed E-state index contributed by atoms with van der Waals surface area (Å²) in [6, 6.07) is 26.9. The van der Waals surface area contributed by atoms with E-state index in [-0.39, 0.29) is 16.5 Å². The lowest BCUT2D eigenvalue weighted by atomic mass is 9.96. The average molecular weight is 724 g/mol. The number of amides is 1. The highest BCUT2D eigenvalue weighted by atomic mass is 35.5. The Labute approximate surface area is 301 Å². The van der Waals surface area contributed by atoms with Gasteiger partial charge < -0.3 is 14.6 Å². The SMILES string of the molecule is CCOc1cc(C2/C(=C(\O)c3c(C)nc4ccccn34)C(=O)C(=O)N2c2nnc(SCc3ccccc3Cl)s2)ccc1OCc1ccccc1. The van der Waals surface area contributed by atoms with Crippen LogP contribution in [0.5, 0.6) is 11.5 Å². The Balaban J connectivity index is 1.32. The summed E-state index contributed by atoms with van der Waals surface area (Å²) in [4.78, 5) is 33.8. The maximum atomic E-state index is 14.0. The molecule has 0 saturated carbocycles. The highest BCUT2D eigenvalue weighted by molar-refractivity contribution is 8.00. The second kappa shape index (κ2) is 14.4. The van der Waals surface area contributed by atoms with E-state index in [1.165, 1.54) is 28.0 Å². The Morgan fingerprint density at radius 3 is 2.54 bits per heavy atom. The Morgan fingerprint density at radius 1 is 0.960 bits per heavy atom. The van der Waals surface area contributed by atoms with Crippen LogP contribution in [-0.4, -0.2) is 43.0 Å². The first kappa shape index (κ1) is 33.3. The summed E-state index contributed by atoms with van der Waals surface area (Å²) in [6.45, 7) is 4.25. The molecule has 10 nitrogen and oxygen atoms in total. The molecule has 252 valence electrons. The Hall–Kier alpha value is -5.17. The first-order valence-corrected chi connectivity index (χ1v) is 17.9. The van der Waals surface area contributed by atoms with Gasteiger partial charge in [0, 0.05) is 17.0 Å². The van der Waals surface area contributed by atoms with E-state index in [4.69, 9.17) is 21.1 Å². The minimum atomic E-state index is -1.07. The number of ether oxygens (including phenoxy) is 2. The minimum Gasteiger partial charge on any atom is -0.505 e. The second-order valence-electron chi connectivity index (χ2n) is 11.3. The molecule has 1 unspecified atom stereocenters. The molecule has 13 heteroatoms. The smallest absolute Gasteiger partial charge is 0.301 e. The zero-order chi connectivity index (χ0) is 34.8. The first-order chi connectivity index (χ1) is 24.3. The van der Waals surface area contributed by atoms with E-state index in [2.05, 4.69) is 15.2 Å². The topological polar surface area (TPSA) is 119 Å². The molecule has 0 spiro atoms. The average Bonchev–Trinajstić information content (AvgIpc) is 3.81. The largest absolute Gasteiger partial charge is 0.505 e. The van der Waals surface area contributed by atoms with Crippen molar-refractivity contribution >= 4 is 62.9 Å². The van der Waals surface area contributed by atoms with Gasteiger partial charge in [0.2, 0.25) is 5.13 Å². The van der Waals surface area contributed by atoms with Crippen molar-refractivity contribution < 1.29 is 24.2 Å². The van der Waals surface area contributed by atoms with Gasteiger partial charge in [0.05, 0.1) is 23.9 Å². The number of carbonyl (C=O) groups is 2. The van der Waals surface area contributed by atoms with Crippen molar-refractivity contribution in [1.29, 1.82) is 0 Å². The van der Waals surface area contributed by atoms with Gasteiger partial charge in [-0.25, -0.2) is 4.98 Å². The maximum absolute atomic E-state index is 14.0. The molecule has 1 fully saturated rings. The Bertz CT molecular complexity index is 2250. The molecule has 1 aliphatic heterocycles. The lowest BCUT2D eigenvalue weighted by Gasteiger charge is -2.23.